The Morgan fingerprint density at radius 3 is 2.56 bits per heavy atom. The molecule has 0 saturated carbocycles. The molecule has 0 amide bonds. The van der Waals surface area contributed by atoms with Crippen LogP contribution >= 0.6 is 23.4 Å². The lowest BCUT2D eigenvalue weighted by Crippen LogP contribution is -2.09. The van der Waals surface area contributed by atoms with Crippen LogP contribution in [0.3, 0.4) is 0 Å². The van der Waals surface area contributed by atoms with Crippen LogP contribution in [0.5, 0.6) is 5.75 Å². The molecular formula is C19H19ClN2O4S. The number of carbonyl (C=O) groups is 1. The van der Waals surface area contributed by atoms with Crippen molar-refractivity contribution in [2.24, 2.45) is 10.2 Å². The molecule has 0 fully saturated rings. The summed E-state index contributed by atoms with van der Waals surface area (Å²) >= 11 is 7.19. The lowest BCUT2D eigenvalue weighted by Gasteiger charge is -2.07. The predicted octanol–water partition coefficient (Wildman–Crippen LogP) is 5.56. The van der Waals surface area contributed by atoms with E-state index < -0.39 is 5.97 Å². The minimum absolute atomic E-state index is 0.126. The number of methoxy groups -OCH3 is 1. The number of hydrogen-bond donors (Lipinski definition) is 1. The summed E-state index contributed by atoms with van der Waals surface area (Å²) in [4.78, 5) is 13.0. The molecule has 0 saturated heterocycles. The fraction of sp³-hybridized carbons (Fsp3) is 0.211. The van der Waals surface area contributed by atoms with Crippen LogP contribution in [-0.4, -0.2) is 30.5 Å². The van der Waals surface area contributed by atoms with Crippen LogP contribution in [0.15, 0.2) is 75.1 Å². The third-order valence-electron chi connectivity index (χ3n) is 3.27. The van der Waals surface area contributed by atoms with Crippen molar-refractivity contribution < 1.29 is 19.4 Å². The maximum atomic E-state index is 12.2. The van der Waals surface area contributed by atoms with Crippen molar-refractivity contribution in [2.75, 3.05) is 19.5 Å². The quantitative estimate of drug-likeness (QED) is 0.204. The maximum Gasteiger partial charge on any atom is 0.362 e. The summed E-state index contributed by atoms with van der Waals surface area (Å²) in [6.45, 7) is 1.83. The van der Waals surface area contributed by atoms with Crippen LogP contribution in [0.4, 0.5) is 5.69 Å². The van der Waals surface area contributed by atoms with Crippen LogP contribution in [0.2, 0.25) is 5.02 Å². The van der Waals surface area contributed by atoms with E-state index in [1.807, 2.05) is 12.1 Å². The Bertz CT molecular complexity index is 838. The summed E-state index contributed by atoms with van der Waals surface area (Å²) in [7, 11) is 1.51. The normalized spacial score (nSPS) is 12.0. The first-order valence-corrected chi connectivity index (χ1v) is 9.43. The zero-order chi connectivity index (χ0) is 19.6. The van der Waals surface area contributed by atoms with Crippen molar-refractivity contribution in [3.63, 3.8) is 0 Å². The van der Waals surface area contributed by atoms with Gasteiger partial charge in [0.2, 0.25) is 5.70 Å². The van der Waals surface area contributed by atoms with Crippen molar-refractivity contribution >= 4 is 35.0 Å². The van der Waals surface area contributed by atoms with Gasteiger partial charge in [0, 0.05) is 9.92 Å². The second-order valence-electron chi connectivity index (χ2n) is 5.13. The van der Waals surface area contributed by atoms with Gasteiger partial charge in [-0.3, -0.25) is 0 Å². The van der Waals surface area contributed by atoms with E-state index in [0.29, 0.717) is 16.5 Å². The van der Waals surface area contributed by atoms with Gasteiger partial charge in [0.05, 0.1) is 19.5 Å². The van der Waals surface area contributed by atoms with Crippen LogP contribution in [0, 0.1) is 0 Å². The number of para-hydroxylation sites is 1. The summed E-state index contributed by atoms with van der Waals surface area (Å²) in [6.07, 6.45) is 0. The van der Waals surface area contributed by atoms with E-state index in [4.69, 9.17) is 21.1 Å². The van der Waals surface area contributed by atoms with Gasteiger partial charge >= 0.3 is 5.97 Å². The summed E-state index contributed by atoms with van der Waals surface area (Å²) in [5, 5.41) is 18.9. The number of carbonyl (C=O) groups excluding carboxylic acids is 1. The van der Waals surface area contributed by atoms with Crippen molar-refractivity contribution in [3.05, 3.63) is 65.0 Å². The summed E-state index contributed by atoms with van der Waals surface area (Å²) in [5.74, 6) is -0.349. The van der Waals surface area contributed by atoms with Crippen LogP contribution < -0.4 is 4.74 Å². The molecule has 0 aliphatic carbocycles. The topological polar surface area (TPSA) is 80.5 Å². The van der Waals surface area contributed by atoms with Gasteiger partial charge in [-0.05, 0) is 43.3 Å². The van der Waals surface area contributed by atoms with Gasteiger partial charge in [0.15, 0.2) is 0 Å². The number of esters is 1. The molecule has 8 heteroatoms. The molecule has 0 spiro atoms. The number of azo groups is 1. The molecule has 142 valence electrons. The first-order chi connectivity index (χ1) is 13.0. The van der Waals surface area contributed by atoms with Crippen molar-refractivity contribution in [1.29, 1.82) is 0 Å². The second kappa shape index (κ2) is 10.6. The third kappa shape index (κ3) is 6.30. The molecule has 2 aromatic rings. The minimum Gasteiger partial charge on any atom is -0.509 e. The van der Waals surface area contributed by atoms with E-state index in [1.165, 1.54) is 18.9 Å². The largest absolute Gasteiger partial charge is 0.509 e. The smallest absolute Gasteiger partial charge is 0.362 e. The summed E-state index contributed by atoms with van der Waals surface area (Å²) in [5.41, 5.74) is 0.184. The number of ether oxygens (including phenoxy) is 2. The number of halogens is 1. The van der Waals surface area contributed by atoms with Gasteiger partial charge in [0.25, 0.3) is 0 Å². The molecule has 6 nitrogen and oxygen atoms in total. The van der Waals surface area contributed by atoms with Gasteiger partial charge in [-0.25, -0.2) is 4.79 Å². The molecule has 0 aliphatic rings. The van der Waals surface area contributed by atoms with Crippen molar-refractivity contribution in [2.45, 2.75) is 11.8 Å². The monoisotopic (exact) mass is 406 g/mol. The molecule has 0 bridgehead atoms. The number of rotatable bonds is 8. The fourth-order valence-corrected chi connectivity index (χ4v) is 2.88. The molecular weight excluding hydrogens is 388 g/mol. The average molecular weight is 407 g/mol. The number of thioether (sulfide) groups is 1. The van der Waals surface area contributed by atoms with Crippen molar-refractivity contribution in [3.8, 4) is 5.75 Å². The standard InChI is InChI=1S/C19H19ClN2O4S/c1-3-26-19(24)18(22-21-15-6-4-5-7-17(15)25-2)16(23)12-27-14-10-8-13(20)9-11-14/h4-11,23H,3,12H2,1-2H3/b18-16-,22-21?. The third-order valence-corrected chi connectivity index (χ3v) is 4.55. The zero-order valence-corrected chi connectivity index (χ0v) is 16.5. The van der Waals surface area contributed by atoms with Gasteiger partial charge in [0.1, 0.15) is 17.2 Å². The number of nitrogens with zero attached hydrogens (tertiary/aromatic N) is 2. The Balaban J connectivity index is 2.23. The van der Waals surface area contributed by atoms with Gasteiger partial charge in [-0.2, -0.15) is 0 Å². The molecule has 0 aliphatic heterocycles. The highest BCUT2D eigenvalue weighted by Gasteiger charge is 2.17. The Morgan fingerprint density at radius 2 is 1.89 bits per heavy atom. The predicted molar refractivity (Wildman–Crippen MR) is 106 cm³/mol. The molecule has 0 radical (unpaired) electrons. The molecule has 0 atom stereocenters. The molecule has 0 aromatic heterocycles. The lowest BCUT2D eigenvalue weighted by molar-refractivity contribution is -0.138. The van der Waals surface area contributed by atoms with E-state index in [0.717, 1.165) is 4.90 Å². The van der Waals surface area contributed by atoms with E-state index in [9.17, 15) is 9.90 Å². The highest BCUT2D eigenvalue weighted by Crippen LogP contribution is 2.28. The van der Waals surface area contributed by atoms with E-state index in [2.05, 4.69) is 10.2 Å². The van der Waals surface area contributed by atoms with Gasteiger partial charge in [-0.15, -0.1) is 22.0 Å². The molecule has 2 rings (SSSR count). The number of aliphatic hydroxyl groups excluding tert-OH is 1. The lowest BCUT2D eigenvalue weighted by atomic mass is 10.3. The van der Waals surface area contributed by atoms with Crippen molar-refractivity contribution in [1.82, 2.24) is 0 Å². The molecule has 27 heavy (non-hydrogen) atoms. The number of aliphatic hydroxyl groups is 1. The highest BCUT2D eigenvalue weighted by molar-refractivity contribution is 7.99. The zero-order valence-electron chi connectivity index (χ0n) is 14.9. The van der Waals surface area contributed by atoms with Crippen LogP contribution in [-0.2, 0) is 9.53 Å². The van der Waals surface area contributed by atoms with Gasteiger partial charge < -0.3 is 14.6 Å². The number of benzene rings is 2. The SMILES string of the molecule is CCOC(=O)/C(N=Nc1ccccc1OC)=C(/O)CSc1ccc(Cl)cc1. The Morgan fingerprint density at radius 1 is 1.19 bits per heavy atom. The van der Waals surface area contributed by atoms with Crippen LogP contribution in [0.1, 0.15) is 6.92 Å². The first-order valence-electron chi connectivity index (χ1n) is 8.07. The summed E-state index contributed by atoms with van der Waals surface area (Å²) in [6, 6.07) is 14.1. The highest BCUT2D eigenvalue weighted by atomic mass is 35.5. The number of hydrogen-bond acceptors (Lipinski definition) is 7. The van der Waals surface area contributed by atoms with E-state index in [1.54, 1.807) is 43.3 Å². The average Bonchev–Trinajstić information content (AvgIpc) is 2.68. The van der Waals surface area contributed by atoms with Crippen LogP contribution in [0.25, 0.3) is 0 Å². The Kier molecular flexibility index (Phi) is 8.16. The van der Waals surface area contributed by atoms with E-state index >= 15 is 0 Å². The molecule has 1 N–H and O–H groups in total. The molecule has 0 heterocycles. The Labute approximate surface area is 166 Å². The maximum absolute atomic E-state index is 12.2. The van der Waals surface area contributed by atoms with Gasteiger partial charge in [-0.1, -0.05) is 23.7 Å². The molecule has 0 unspecified atom stereocenters. The minimum atomic E-state index is -0.745. The first kappa shape index (κ1) is 20.8. The Hall–Kier alpha value is -2.51. The van der Waals surface area contributed by atoms with E-state index in [-0.39, 0.29) is 23.8 Å². The second-order valence-corrected chi connectivity index (χ2v) is 6.62. The fourth-order valence-electron chi connectivity index (χ4n) is 1.98. The summed E-state index contributed by atoms with van der Waals surface area (Å²) < 4.78 is 10.2. The molecule has 2 aromatic carbocycles.